The number of alkyl carbamates (subject to hydrolysis) is 1. The molecule has 0 fully saturated rings. The van der Waals surface area contributed by atoms with Gasteiger partial charge in [0.05, 0.1) is 6.04 Å². The molecule has 1 N–H and O–H groups in total. The van der Waals surface area contributed by atoms with Crippen LogP contribution in [0.3, 0.4) is 0 Å². The highest BCUT2D eigenvalue weighted by Crippen LogP contribution is 2.21. The van der Waals surface area contributed by atoms with Crippen molar-refractivity contribution in [3.63, 3.8) is 0 Å². The number of carbonyl (C=O) groups is 2. The van der Waals surface area contributed by atoms with E-state index < -0.39 is 29.8 Å². The lowest BCUT2D eigenvalue weighted by Gasteiger charge is -2.28. The molecule has 0 aromatic heterocycles. The van der Waals surface area contributed by atoms with Gasteiger partial charge in [0.15, 0.2) is 11.6 Å². The lowest BCUT2D eigenvalue weighted by Crippen LogP contribution is -2.46. The van der Waals surface area contributed by atoms with Gasteiger partial charge in [-0.2, -0.15) is 0 Å². The summed E-state index contributed by atoms with van der Waals surface area (Å²) in [5.74, 6) is -2.31. The number of benzene rings is 2. The number of rotatable bonds is 6. The van der Waals surface area contributed by atoms with Crippen LogP contribution in [0.2, 0.25) is 0 Å². The molecule has 2 atom stereocenters. The summed E-state index contributed by atoms with van der Waals surface area (Å²) >= 11 is 0. The Morgan fingerprint density at radius 3 is 2.37 bits per heavy atom. The van der Waals surface area contributed by atoms with Crippen LogP contribution in [-0.4, -0.2) is 30.0 Å². The Labute approximate surface area is 156 Å². The van der Waals surface area contributed by atoms with E-state index in [1.165, 1.54) is 24.9 Å². The minimum Gasteiger partial charge on any atom is -0.445 e. The van der Waals surface area contributed by atoms with Crippen molar-refractivity contribution in [1.82, 2.24) is 10.2 Å². The van der Waals surface area contributed by atoms with Crippen LogP contribution < -0.4 is 5.32 Å². The van der Waals surface area contributed by atoms with Gasteiger partial charge in [-0.3, -0.25) is 4.79 Å². The van der Waals surface area contributed by atoms with Crippen molar-refractivity contribution in [2.45, 2.75) is 32.5 Å². The Kier molecular flexibility index (Phi) is 6.87. The third-order valence-corrected chi connectivity index (χ3v) is 4.27. The van der Waals surface area contributed by atoms with E-state index in [2.05, 4.69) is 5.32 Å². The maximum atomic E-state index is 13.4. The fraction of sp³-hybridized carbons (Fsp3) is 0.300. The number of carbonyl (C=O) groups excluding carboxylic acids is 2. The van der Waals surface area contributed by atoms with Crippen molar-refractivity contribution in [3.8, 4) is 0 Å². The third kappa shape index (κ3) is 5.51. The zero-order valence-electron chi connectivity index (χ0n) is 15.4. The molecule has 0 aliphatic carbocycles. The molecule has 2 rings (SSSR count). The monoisotopic (exact) mass is 376 g/mol. The van der Waals surface area contributed by atoms with E-state index in [0.29, 0.717) is 5.56 Å². The predicted molar refractivity (Wildman–Crippen MR) is 96.8 cm³/mol. The molecule has 0 bridgehead atoms. The molecule has 2 aromatic carbocycles. The van der Waals surface area contributed by atoms with Gasteiger partial charge >= 0.3 is 6.09 Å². The van der Waals surface area contributed by atoms with Crippen molar-refractivity contribution in [3.05, 3.63) is 71.3 Å². The first-order chi connectivity index (χ1) is 12.8. The van der Waals surface area contributed by atoms with Gasteiger partial charge in [0, 0.05) is 7.05 Å². The first kappa shape index (κ1) is 20.4. The quantitative estimate of drug-likeness (QED) is 0.834. The first-order valence-corrected chi connectivity index (χ1v) is 8.48. The highest BCUT2D eigenvalue weighted by atomic mass is 19.2. The lowest BCUT2D eigenvalue weighted by molar-refractivity contribution is -0.133. The number of hydrogen-bond acceptors (Lipinski definition) is 3. The second kappa shape index (κ2) is 9.12. The molecule has 0 aliphatic heterocycles. The Balaban J connectivity index is 1.90. The molecule has 0 spiro atoms. The van der Waals surface area contributed by atoms with E-state index in [9.17, 15) is 18.4 Å². The van der Waals surface area contributed by atoms with Crippen LogP contribution >= 0.6 is 0 Å². The third-order valence-electron chi connectivity index (χ3n) is 4.27. The zero-order valence-corrected chi connectivity index (χ0v) is 15.4. The van der Waals surface area contributed by atoms with Crippen molar-refractivity contribution >= 4 is 12.0 Å². The fourth-order valence-electron chi connectivity index (χ4n) is 2.50. The smallest absolute Gasteiger partial charge is 0.408 e. The highest BCUT2D eigenvalue weighted by molar-refractivity contribution is 5.85. The molecular formula is C20H22F2N2O3. The minimum atomic E-state index is -0.976. The van der Waals surface area contributed by atoms with Gasteiger partial charge in [-0.15, -0.1) is 0 Å². The van der Waals surface area contributed by atoms with E-state index in [1.54, 1.807) is 6.92 Å². The maximum Gasteiger partial charge on any atom is 0.408 e. The van der Waals surface area contributed by atoms with Crippen LogP contribution in [0.5, 0.6) is 0 Å². The minimum absolute atomic E-state index is 0.0919. The Morgan fingerprint density at radius 2 is 1.74 bits per heavy atom. The molecule has 0 radical (unpaired) electrons. The molecule has 0 saturated carbocycles. The van der Waals surface area contributed by atoms with E-state index in [4.69, 9.17) is 4.74 Å². The molecule has 0 unspecified atom stereocenters. The van der Waals surface area contributed by atoms with Crippen LogP contribution in [0.25, 0.3) is 0 Å². The molecule has 0 aliphatic rings. The normalized spacial score (nSPS) is 12.8. The highest BCUT2D eigenvalue weighted by Gasteiger charge is 2.24. The second-order valence-electron chi connectivity index (χ2n) is 6.23. The predicted octanol–water partition coefficient (Wildman–Crippen LogP) is 3.80. The Morgan fingerprint density at radius 1 is 1.07 bits per heavy atom. The topological polar surface area (TPSA) is 58.6 Å². The standard InChI is InChI=1S/C20H22F2N2O3/c1-13(23-20(26)27-12-15-7-5-4-6-8-15)19(25)24(3)14(2)16-9-10-17(21)18(22)11-16/h4-11,13-14H,12H2,1-3H3,(H,23,26)/t13-,14+/m1/s1. The SMILES string of the molecule is C[C@@H](NC(=O)OCc1ccccc1)C(=O)N(C)[C@@H](C)c1ccc(F)c(F)c1. The zero-order chi connectivity index (χ0) is 20.0. The fourth-order valence-corrected chi connectivity index (χ4v) is 2.50. The summed E-state index contributed by atoms with van der Waals surface area (Å²) in [4.78, 5) is 25.7. The van der Waals surface area contributed by atoms with Crippen LogP contribution in [-0.2, 0) is 16.1 Å². The Bertz CT molecular complexity index is 799. The summed E-state index contributed by atoms with van der Waals surface area (Å²) in [7, 11) is 1.53. The van der Waals surface area contributed by atoms with Gasteiger partial charge in [0.25, 0.3) is 0 Å². The summed E-state index contributed by atoms with van der Waals surface area (Å²) in [6.07, 6.45) is -0.714. The van der Waals surface area contributed by atoms with Crippen LogP contribution in [0.15, 0.2) is 48.5 Å². The molecule has 0 saturated heterocycles. The molecule has 2 aromatic rings. The summed E-state index contributed by atoms with van der Waals surface area (Å²) in [5, 5.41) is 2.47. The van der Waals surface area contributed by atoms with Crippen LogP contribution in [0.4, 0.5) is 13.6 Å². The van der Waals surface area contributed by atoms with Crippen LogP contribution in [0.1, 0.15) is 31.0 Å². The molecule has 5 nitrogen and oxygen atoms in total. The van der Waals surface area contributed by atoms with Gasteiger partial charge in [0.1, 0.15) is 12.6 Å². The van der Waals surface area contributed by atoms with Crippen molar-refractivity contribution in [2.75, 3.05) is 7.05 Å². The number of amides is 2. The summed E-state index contributed by atoms with van der Waals surface area (Å²) < 4.78 is 31.6. The first-order valence-electron chi connectivity index (χ1n) is 8.48. The van der Waals surface area contributed by atoms with E-state index in [1.807, 2.05) is 30.3 Å². The largest absolute Gasteiger partial charge is 0.445 e. The van der Waals surface area contributed by atoms with Gasteiger partial charge in [-0.25, -0.2) is 13.6 Å². The molecule has 27 heavy (non-hydrogen) atoms. The second-order valence-corrected chi connectivity index (χ2v) is 6.23. The molecular weight excluding hydrogens is 354 g/mol. The van der Waals surface area contributed by atoms with Gasteiger partial charge in [-0.05, 0) is 37.1 Å². The number of nitrogens with one attached hydrogen (secondary N) is 1. The number of halogens is 2. The number of hydrogen-bond donors (Lipinski definition) is 1. The molecule has 0 heterocycles. The number of ether oxygens (including phenoxy) is 1. The van der Waals surface area contributed by atoms with E-state index in [-0.39, 0.29) is 12.5 Å². The van der Waals surface area contributed by atoms with Crippen molar-refractivity contribution in [2.24, 2.45) is 0 Å². The van der Waals surface area contributed by atoms with Gasteiger partial charge < -0.3 is 15.0 Å². The molecule has 2 amide bonds. The number of likely N-dealkylation sites (N-methyl/N-ethyl adjacent to an activating group) is 1. The average Bonchev–Trinajstić information content (AvgIpc) is 2.67. The van der Waals surface area contributed by atoms with Gasteiger partial charge in [-0.1, -0.05) is 36.4 Å². The lowest BCUT2D eigenvalue weighted by atomic mass is 10.1. The Hall–Kier alpha value is -2.96. The average molecular weight is 376 g/mol. The molecule has 7 heteroatoms. The van der Waals surface area contributed by atoms with Crippen molar-refractivity contribution < 1.29 is 23.1 Å². The summed E-state index contributed by atoms with van der Waals surface area (Å²) in [6.45, 7) is 3.31. The number of nitrogens with zero attached hydrogens (tertiary/aromatic N) is 1. The van der Waals surface area contributed by atoms with Crippen LogP contribution in [0, 0.1) is 11.6 Å². The van der Waals surface area contributed by atoms with E-state index in [0.717, 1.165) is 17.7 Å². The summed E-state index contributed by atoms with van der Waals surface area (Å²) in [5.41, 5.74) is 1.28. The summed E-state index contributed by atoms with van der Waals surface area (Å²) in [6, 6.07) is 11.3. The van der Waals surface area contributed by atoms with Gasteiger partial charge in [0.2, 0.25) is 5.91 Å². The molecule has 144 valence electrons. The van der Waals surface area contributed by atoms with Crippen molar-refractivity contribution in [1.29, 1.82) is 0 Å². The van der Waals surface area contributed by atoms with E-state index >= 15 is 0 Å². The maximum absolute atomic E-state index is 13.4.